The summed E-state index contributed by atoms with van der Waals surface area (Å²) in [6, 6.07) is -0.816. The number of alkyl halides is 3. The number of nitrogens with two attached hydrogens (primary N) is 1. The Kier molecular flexibility index (Phi) is 6.94. The first kappa shape index (κ1) is 17.7. The van der Waals surface area contributed by atoms with E-state index in [-0.39, 0.29) is 25.3 Å². The number of carbonyl (C=O) groups excluding carboxylic acids is 2. The summed E-state index contributed by atoms with van der Waals surface area (Å²) in [5, 5.41) is 2.51. The maximum Gasteiger partial charge on any atom is 0.406 e. The Morgan fingerprint density at radius 3 is 2.57 bits per heavy atom. The number of halogens is 3. The standard InChI is InChI=1S/C13H22F3N3O2/c14-13(15,16)9-19-8-6-10(12(19)21)18-11(20)5-3-1-2-4-7-17/h10H,1-9,17H2,(H,18,20). The molecule has 1 aliphatic heterocycles. The lowest BCUT2D eigenvalue weighted by atomic mass is 10.1. The number of hydrogen-bond acceptors (Lipinski definition) is 3. The number of rotatable bonds is 8. The van der Waals surface area contributed by atoms with Crippen LogP contribution in [0.25, 0.3) is 0 Å². The van der Waals surface area contributed by atoms with Crippen LogP contribution in [0.5, 0.6) is 0 Å². The molecule has 0 spiro atoms. The Bertz CT molecular complexity index is 361. The van der Waals surface area contributed by atoms with Gasteiger partial charge < -0.3 is 16.0 Å². The molecule has 0 aromatic rings. The minimum Gasteiger partial charge on any atom is -0.344 e. The second kappa shape index (κ2) is 8.21. The van der Waals surface area contributed by atoms with Crippen molar-refractivity contribution in [2.75, 3.05) is 19.6 Å². The summed E-state index contributed by atoms with van der Waals surface area (Å²) in [5.74, 6) is -0.932. The van der Waals surface area contributed by atoms with Crippen LogP contribution in [0.2, 0.25) is 0 Å². The zero-order valence-corrected chi connectivity index (χ0v) is 11.9. The first-order valence-corrected chi connectivity index (χ1v) is 7.18. The number of unbranched alkanes of at least 4 members (excludes halogenated alkanes) is 3. The van der Waals surface area contributed by atoms with Gasteiger partial charge in [-0.1, -0.05) is 12.8 Å². The SMILES string of the molecule is NCCCCCCC(=O)NC1CCN(CC(F)(F)F)C1=O. The van der Waals surface area contributed by atoms with Gasteiger partial charge in [-0.25, -0.2) is 0 Å². The third kappa shape index (κ3) is 6.79. The van der Waals surface area contributed by atoms with Crippen LogP contribution in [0, 0.1) is 0 Å². The highest BCUT2D eigenvalue weighted by Gasteiger charge is 2.39. The van der Waals surface area contributed by atoms with E-state index in [0.29, 0.717) is 13.0 Å². The molecule has 0 aromatic carbocycles. The van der Waals surface area contributed by atoms with Gasteiger partial charge in [0.15, 0.2) is 0 Å². The molecule has 0 aliphatic carbocycles. The minimum atomic E-state index is -4.41. The molecule has 8 heteroatoms. The van der Waals surface area contributed by atoms with Gasteiger partial charge in [0.1, 0.15) is 12.6 Å². The Hall–Kier alpha value is -1.31. The second-order valence-corrected chi connectivity index (χ2v) is 5.24. The van der Waals surface area contributed by atoms with Crippen molar-refractivity contribution in [2.45, 2.75) is 50.7 Å². The van der Waals surface area contributed by atoms with E-state index in [1.807, 2.05) is 0 Å². The summed E-state index contributed by atoms with van der Waals surface area (Å²) in [5.41, 5.74) is 5.35. The number of amides is 2. The van der Waals surface area contributed by atoms with Gasteiger partial charge in [0, 0.05) is 13.0 Å². The van der Waals surface area contributed by atoms with Crippen LogP contribution >= 0.6 is 0 Å². The van der Waals surface area contributed by atoms with Crippen molar-refractivity contribution < 1.29 is 22.8 Å². The van der Waals surface area contributed by atoms with Crippen molar-refractivity contribution >= 4 is 11.8 Å². The van der Waals surface area contributed by atoms with Crippen LogP contribution in [0.4, 0.5) is 13.2 Å². The monoisotopic (exact) mass is 309 g/mol. The zero-order chi connectivity index (χ0) is 15.9. The molecule has 1 unspecified atom stereocenters. The Morgan fingerprint density at radius 1 is 1.29 bits per heavy atom. The van der Waals surface area contributed by atoms with E-state index in [4.69, 9.17) is 5.73 Å². The lowest BCUT2D eigenvalue weighted by Gasteiger charge is -2.18. The molecule has 122 valence electrons. The summed E-state index contributed by atoms with van der Waals surface area (Å²) in [6.07, 6.45) is -0.456. The lowest BCUT2D eigenvalue weighted by molar-refractivity contribution is -0.158. The summed E-state index contributed by atoms with van der Waals surface area (Å²) in [4.78, 5) is 24.1. The normalized spacial score (nSPS) is 19.1. The molecule has 5 nitrogen and oxygen atoms in total. The third-order valence-corrected chi connectivity index (χ3v) is 3.36. The highest BCUT2D eigenvalue weighted by molar-refractivity contribution is 5.89. The number of nitrogens with zero attached hydrogens (tertiary/aromatic N) is 1. The van der Waals surface area contributed by atoms with E-state index in [0.717, 1.165) is 24.2 Å². The topological polar surface area (TPSA) is 75.4 Å². The van der Waals surface area contributed by atoms with Crippen molar-refractivity contribution in [3.8, 4) is 0 Å². The summed E-state index contributed by atoms with van der Waals surface area (Å²) in [6.45, 7) is -0.602. The Labute approximate surface area is 122 Å². The predicted molar refractivity (Wildman–Crippen MR) is 71.3 cm³/mol. The van der Waals surface area contributed by atoms with Gasteiger partial charge in [0.2, 0.25) is 11.8 Å². The lowest BCUT2D eigenvalue weighted by Crippen LogP contribution is -2.43. The molecule has 1 fully saturated rings. The van der Waals surface area contributed by atoms with Crippen LogP contribution < -0.4 is 11.1 Å². The number of hydrogen-bond donors (Lipinski definition) is 2. The fraction of sp³-hybridized carbons (Fsp3) is 0.846. The zero-order valence-electron chi connectivity index (χ0n) is 11.9. The van der Waals surface area contributed by atoms with E-state index in [9.17, 15) is 22.8 Å². The molecule has 0 radical (unpaired) electrons. The first-order chi connectivity index (χ1) is 9.83. The maximum atomic E-state index is 12.2. The summed E-state index contributed by atoms with van der Waals surface area (Å²) < 4.78 is 36.7. The molecular weight excluding hydrogens is 287 g/mol. The predicted octanol–water partition coefficient (Wildman–Crippen LogP) is 1.17. The summed E-state index contributed by atoms with van der Waals surface area (Å²) in [7, 11) is 0. The van der Waals surface area contributed by atoms with Crippen molar-refractivity contribution in [1.82, 2.24) is 10.2 Å². The maximum absolute atomic E-state index is 12.2. The molecule has 0 aromatic heterocycles. The van der Waals surface area contributed by atoms with Crippen molar-refractivity contribution in [3.05, 3.63) is 0 Å². The molecule has 1 saturated heterocycles. The fourth-order valence-electron chi connectivity index (χ4n) is 2.30. The number of nitrogens with one attached hydrogen (secondary N) is 1. The largest absolute Gasteiger partial charge is 0.406 e. The Balaban J connectivity index is 2.26. The van der Waals surface area contributed by atoms with E-state index < -0.39 is 24.7 Å². The quantitative estimate of drug-likeness (QED) is 0.661. The first-order valence-electron chi connectivity index (χ1n) is 7.18. The minimum absolute atomic E-state index is 0.0276. The Morgan fingerprint density at radius 2 is 1.95 bits per heavy atom. The van der Waals surface area contributed by atoms with Crippen LogP contribution in [0.1, 0.15) is 38.5 Å². The van der Waals surface area contributed by atoms with Crippen LogP contribution in [-0.2, 0) is 9.59 Å². The van der Waals surface area contributed by atoms with Gasteiger partial charge in [0.05, 0.1) is 0 Å². The van der Waals surface area contributed by atoms with Gasteiger partial charge in [-0.05, 0) is 25.8 Å². The van der Waals surface area contributed by atoms with Gasteiger partial charge in [0.25, 0.3) is 0 Å². The van der Waals surface area contributed by atoms with Crippen LogP contribution in [0.3, 0.4) is 0 Å². The van der Waals surface area contributed by atoms with Gasteiger partial charge in [-0.3, -0.25) is 9.59 Å². The number of likely N-dealkylation sites (tertiary alicyclic amines) is 1. The van der Waals surface area contributed by atoms with Gasteiger partial charge >= 0.3 is 6.18 Å². The van der Waals surface area contributed by atoms with Gasteiger partial charge in [-0.15, -0.1) is 0 Å². The molecule has 1 rings (SSSR count). The smallest absolute Gasteiger partial charge is 0.344 e. The van der Waals surface area contributed by atoms with Crippen molar-refractivity contribution in [1.29, 1.82) is 0 Å². The second-order valence-electron chi connectivity index (χ2n) is 5.24. The van der Waals surface area contributed by atoms with Gasteiger partial charge in [-0.2, -0.15) is 13.2 Å². The van der Waals surface area contributed by atoms with E-state index in [1.165, 1.54) is 0 Å². The van der Waals surface area contributed by atoms with Crippen LogP contribution in [-0.4, -0.2) is 48.6 Å². The molecule has 3 N–H and O–H groups in total. The average molecular weight is 309 g/mol. The summed E-state index contributed by atoms with van der Waals surface area (Å²) >= 11 is 0. The fourth-order valence-corrected chi connectivity index (χ4v) is 2.30. The van der Waals surface area contributed by atoms with Crippen LogP contribution in [0.15, 0.2) is 0 Å². The highest BCUT2D eigenvalue weighted by atomic mass is 19.4. The molecule has 2 amide bonds. The molecule has 1 heterocycles. The van der Waals surface area contributed by atoms with E-state index in [1.54, 1.807) is 0 Å². The average Bonchev–Trinajstić information content (AvgIpc) is 2.69. The molecule has 1 aliphatic rings. The molecular formula is C13H22F3N3O2. The molecule has 0 saturated carbocycles. The number of carbonyl (C=O) groups is 2. The van der Waals surface area contributed by atoms with Crippen molar-refractivity contribution in [2.24, 2.45) is 5.73 Å². The highest BCUT2D eigenvalue weighted by Crippen LogP contribution is 2.21. The van der Waals surface area contributed by atoms with E-state index >= 15 is 0 Å². The van der Waals surface area contributed by atoms with E-state index in [2.05, 4.69) is 5.32 Å². The third-order valence-electron chi connectivity index (χ3n) is 3.36. The molecule has 0 bridgehead atoms. The van der Waals surface area contributed by atoms with Crippen molar-refractivity contribution in [3.63, 3.8) is 0 Å². The molecule has 1 atom stereocenters. The molecule has 21 heavy (non-hydrogen) atoms.